The van der Waals surface area contributed by atoms with Gasteiger partial charge in [0.25, 0.3) is 0 Å². The van der Waals surface area contributed by atoms with Crippen LogP contribution >= 0.6 is 0 Å². The van der Waals surface area contributed by atoms with Crippen molar-refractivity contribution >= 4 is 20.8 Å². The fourth-order valence-corrected chi connectivity index (χ4v) is 3.98. The summed E-state index contributed by atoms with van der Waals surface area (Å²) in [6, 6.07) is 24.6. The van der Waals surface area contributed by atoms with Crippen molar-refractivity contribution in [2.45, 2.75) is 17.4 Å². The number of aliphatic hydroxyl groups excluding tert-OH is 1. The number of primary sulfonamides is 1. The lowest BCUT2D eigenvalue weighted by Gasteiger charge is -2.15. The minimum Gasteiger partial charge on any atom is -0.508 e. The standard InChI is InChI=1S/C26H21NO4S/c27-32(30,31)23-13-11-20(12-14-23)26(29)24-16-22-15-19(9-10-21(22)17-25(24)28)8-4-7-18-5-2-1-3-6-18/h1-3,5-6,9-17,26,28-29H,7H2,(H2,27,30,31). The summed E-state index contributed by atoms with van der Waals surface area (Å²) in [5.41, 5.74) is 2.72. The van der Waals surface area contributed by atoms with Crippen LogP contribution in [0.25, 0.3) is 10.8 Å². The molecule has 1 unspecified atom stereocenters. The lowest BCUT2D eigenvalue weighted by Crippen LogP contribution is -2.12. The second kappa shape index (κ2) is 8.85. The smallest absolute Gasteiger partial charge is 0.238 e. The maximum absolute atomic E-state index is 11.4. The number of nitrogens with two attached hydrogens (primary N) is 1. The van der Waals surface area contributed by atoms with Crippen molar-refractivity contribution in [2.75, 3.05) is 0 Å². The monoisotopic (exact) mass is 443 g/mol. The number of phenolic OH excluding ortho intramolecular Hbond substituents is 1. The van der Waals surface area contributed by atoms with E-state index in [4.69, 9.17) is 5.14 Å². The van der Waals surface area contributed by atoms with Gasteiger partial charge in [0, 0.05) is 17.5 Å². The Kier molecular flexibility index (Phi) is 5.97. The van der Waals surface area contributed by atoms with Gasteiger partial charge in [0.1, 0.15) is 11.9 Å². The van der Waals surface area contributed by atoms with Gasteiger partial charge in [-0.1, -0.05) is 60.4 Å². The Morgan fingerprint density at radius 3 is 2.28 bits per heavy atom. The highest BCUT2D eigenvalue weighted by Gasteiger charge is 2.17. The van der Waals surface area contributed by atoms with Crippen molar-refractivity contribution < 1.29 is 18.6 Å². The van der Waals surface area contributed by atoms with E-state index in [9.17, 15) is 18.6 Å². The van der Waals surface area contributed by atoms with Crippen LogP contribution in [0, 0.1) is 11.8 Å². The molecule has 4 rings (SSSR count). The Labute approximate surface area is 186 Å². The Morgan fingerprint density at radius 1 is 0.875 bits per heavy atom. The third kappa shape index (κ3) is 4.82. The largest absolute Gasteiger partial charge is 0.508 e. The quantitative estimate of drug-likeness (QED) is 0.417. The molecular weight excluding hydrogens is 422 g/mol. The summed E-state index contributed by atoms with van der Waals surface area (Å²) in [5, 5.41) is 28.0. The third-order valence-electron chi connectivity index (χ3n) is 5.17. The average molecular weight is 444 g/mol. The van der Waals surface area contributed by atoms with Gasteiger partial charge < -0.3 is 10.2 Å². The van der Waals surface area contributed by atoms with E-state index in [0.717, 1.165) is 21.9 Å². The molecule has 4 aromatic carbocycles. The summed E-state index contributed by atoms with van der Waals surface area (Å²) < 4.78 is 22.9. The average Bonchev–Trinajstić information content (AvgIpc) is 2.78. The van der Waals surface area contributed by atoms with Crippen molar-refractivity contribution in [3.63, 3.8) is 0 Å². The minimum absolute atomic E-state index is 0.0464. The molecule has 6 heteroatoms. The molecule has 0 aliphatic rings. The number of benzene rings is 4. The molecule has 0 spiro atoms. The zero-order valence-corrected chi connectivity index (χ0v) is 17.9. The Morgan fingerprint density at radius 2 is 1.59 bits per heavy atom. The number of fused-ring (bicyclic) bond motifs is 1. The van der Waals surface area contributed by atoms with E-state index in [1.807, 2.05) is 48.5 Å². The molecule has 0 saturated heterocycles. The molecule has 4 N–H and O–H groups in total. The predicted molar refractivity (Wildman–Crippen MR) is 125 cm³/mol. The first kappa shape index (κ1) is 21.6. The van der Waals surface area contributed by atoms with Crippen molar-refractivity contribution in [1.82, 2.24) is 0 Å². The van der Waals surface area contributed by atoms with Crippen LogP contribution in [0.2, 0.25) is 0 Å². The van der Waals surface area contributed by atoms with Gasteiger partial charge in [-0.05, 0) is 58.3 Å². The summed E-state index contributed by atoms with van der Waals surface area (Å²) in [6.07, 6.45) is -0.492. The van der Waals surface area contributed by atoms with Crippen LogP contribution in [-0.2, 0) is 16.4 Å². The predicted octanol–water partition coefficient (Wildman–Crippen LogP) is 3.87. The van der Waals surface area contributed by atoms with E-state index < -0.39 is 16.1 Å². The summed E-state index contributed by atoms with van der Waals surface area (Å²) in [4.78, 5) is -0.0464. The molecular formula is C26H21NO4S. The van der Waals surface area contributed by atoms with Crippen LogP contribution in [0.1, 0.15) is 28.4 Å². The molecule has 0 aromatic heterocycles. The normalized spacial score (nSPS) is 12.2. The maximum atomic E-state index is 11.4. The summed E-state index contributed by atoms with van der Waals surface area (Å²) in [5.74, 6) is 6.27. The molecule has 0 aliphatic carbocycles. The fraction of sp³-hybridized carbons (Fsp3) is 0.0769. The van der Waals surface area contributed by atoms with Crippen LogP contribution in [0.5, 0.6) is 5.75 Å². The van der Waals surface area contributed by atoms with Crippen molar-refractivity contribution in [3.05, 3.63) is 107 Å². The summed E-state index contributed by atoms with van der Waals surface area (Å²) in [7, 11) is -3.82. The zero-order valence-electron chi connectivity index (χ0n) is 17.1. The maximum Gasteiger partial charge on any atom is 0.238 e. The van der Waals surface area contributed by atoms with Gasteiger partial charge in [-0.25, -0.2) is 13.6 Å². The molecule has 1 atom stereocenters. The highest BCUT2D eigenvalue weighted by molar-refractivity contribution is 7.89. The molecule has 160 valence electrons. The Bertz CT molecular complexity index is 1430. The topological polar surface area (TPSA) is 101 Å². The molecule has 0 amide bonds. The first-order chi connectivity index (χ1) is 15.3. The second-order valence-corrected chi connectivity index (χ2v) is 9.02. The van der Waals surface area contributed by atoms with Gasteiger partial charge in [0.15, 0.2) is 0 Å². The molecule has 0 saturated carbocycles. The summed E-state index contributed by atoms with van der Waals surface area (Å²) in [6.45, 7) is 0. The van der Waals surface area contributed by atoms with Gasteiger partial charge in [-0.15, -0.1) is 0 Å². The molecule has 4 aromatic rings. The van der Waals surface area contributed by atoms with E-state index >= 15 is 0 Å². The molecule has 0 radical (unpaired) electrons. The molecule has 0 fully saturated rings. The zero-order chi connectivity index (χ0) is 22.7. The van der Waals surface area contributed by atoms with Crippen molar-refractivity contribution in [3.8, 4) is 17.6 Å². The molecule has 5 nitrogen and oxygen atoms in total. The summed E-state index contributed by atoms with van der Waals surface area (Å²) >= 11 is 0. The number of rotatable bonds is 4. The lowest BCUT2D eigenvalue weighted by molar-refractivity contribution is 0.215. The van der Waals surface area contributed by atoms with Gasteiger partial charge in [-0.2, -0.15) is 0 Å². The fourth-order valence-electron chi connectivity index (χ4n) is 3.46. The Hall–Kier alpha value is -3.63. The van der Waals surface area contributed by atoms with Crippen LogP contribution in [0.3, 0.4) is 0 Å². The number of hydrogen-bond acceptors (Lipinski definition) is 4. The second-order valence-electron chi connectivity index (χ2n) is 7.45. The first-order valence-corrected chi connectivity index (χ1v) is 11.5. The van der Waals surface area contributed by atoms with Gasteiger partial charge in [-0.3, -0.25) is 0 Å². The van der Waals surface area contributed by atoms with Crippen molar-refractivity contribution in [2.24, 2.45) is 5.14 Å². The molecule has 0 bridgehead atoms. The SMILES string of the molecule is NS(=O)(=O)c1ccc(C(O)c2cc3cc(C#CCc4ccccc4)ccc3cc2O)cc1. The van der Waals surface area contributed by atoms with E-state index in [1.54, 1.807) is 12.1 Å². The van der Waals surface area contributed by atoms with Gasteiger partial charge in [0.05, 0.1) is 4.90 Å². The molecule has 0 aliphatic heterocycles. The van der Waals surface area contributed by atoms with Crippen LogP contribution in [0.15, 0.2) is 89.8 Å². The van der Waals surface area contributed by atoms with Crippen LogP contribution < -0.4 is 5.14 Å². The van der Waals surface area contributed by atoms with E-state index in [0.29, 0.717) is 17.5 Å². The number of aliphatic hydroxyl groups is 1. The van der Waals surface area contributed by atoms with E-state index in [-0.39, 0.29) is 10.6 Å². The number of sulfonamides is 1. The lowest BCUT2D eigenvalue weighted by atomic mass is 9.96. The number of hydrogen-bond donors (Lipinski definition) is 3. The van der Waals surface area contributed by atoms with Gasteiger partial charge in [0.2, 0.25) is 10.0 Å². The number of phenols is 1. The molecule has 0 heterocycles. The van der Waals surface area contributed by atoms with Crippen molar-refractivity contribution in [1.29, 1.82) is 0 Å². The van der Waals surface area contributed by atoms with Gasteiger partial charge >= 0.3 is 0 Å². The molecule has 32 heavy (non-hydrogen) atoms. The highest BCUT2D eigenvalue weighted by atomic mass is 32.2. The van der Waals surface area contributed by atoms with E-state index in [1.165, 1.54) is 24.3 Å². The number of aromatic hydroxyl groups is 1. The third-order valence-corrected chi connectivity index (χ3v) is 6.10. The highest BCUT2D eigenvalue weighted by Crippen LogP contribution is 2.33. The van der Waals surface area contributed by atoms with E-state index in [2.05, 4.69) is 11.8 Å². The van der Waals surface area contributed by atoms with Crippen LogP contribution in [-0.4, -0.2) is 18.6 Å². The minimum atomic E-state index is -3.82. The Balaban J connectivity index is 1.63. The van der Waals surface area contributed by atoms with Crippen LogP contribution in [0.4, 0.5) is 0 Å². The first-order valence-electron chi connectivity index (χ1n) is 9.91.